The molecular formula is C17H19N3O4. The molecule has 2 aliphatic rings. The predicted molar refractivity (Wildman–Crippen MR) is 85.1 cm³/mol. The average molecular weight is 329 g/mol. The van der Waals surface area contributed by atoms with Crippen molar-refractivity contribution in [2.45, 2.75) is 44.1 Å². The number of carbonyl (C=O) groups excluding carboxylic acids is 1. The van der Waals surface area contributed by atoms with Crippen molar-refractivity contribution in [3.63, 3.8) is 0 Å². The van der Waals surface area contributed by atoms with E-state index in [1.807, 2.05) is 12.1 Å². The van der Waals surface area contributed by atoms with Gasteiger partial charge in [0.25, 0.3) is 5.91 Å². The number of nitrogens with zero attached hydrogens (tertiary/aromatic N) is 2. The van der Waals surface area contributed by atoms with Gasteiger partial charge in [0, 0.05) is 5.92 Å². The van der Waals surface area contributed by atoms with E-state index in [1.165, 1.54) is 19.3 Å². The van der Waals surface area contributed by atoms with Crippen LogP contribution in [0.5, 0.6) is 11.5 Å². The lowest BCUT2D eigenvalue weighted by Crippen LogP contribution is -2.40. The number of hydrogen-bond donors (Lipinski definition) is 1. The third-order valence-corrected chi connectivity index (χ3v) is 4.43. The number of aromatic nitrogens is 2. The largest absolute Gasteiger partial charge is 0.485 e. The number of fused-ring (bicyclic) bond motifs is 1. The van der Waals surface area contributed by atoms with Crippen LogP contribution in [0.25, 0.3) is 0 Å². The number of rotatable bonds is 3. The third kappa shape index (κ3) is 3.06. The van der Waals surface area contributed by atoms with E-state index in [-0.39, 0.29) is 18.5 Å². The summed E-state index contributed by atoms with van der Waals surface area (Å²) in [7, 11) is 0. The number of para-hydroxylation sites is 2. The minimum atomic E-state index is -0.745. The van der Waals surface area contributed by atoms with Crippen LogP contribution in [0.1, 0.15) is 43.9 Å². The molecule has 24 heavy (non-hydrogen) atoms. The van der Waals surface area contributed by atoms with Crippen LogP contribution in [0.3, 0.4) is 0 Å². The van der Waals surface area contributed by atoms with E-state index in [9.17, 15) is 4.79 Å². The van der Waals surface area contributed by atoms with Gasteiger partial charge in [0.1, 0.15) is 6.61 Å². The molecule has 0 saturated heterocycles. The van der Waals surface area contributed by atoms with Gasteiger partial charge in [-0.15, -0.1) is 5.10 Å². The fraction of sp³-hybridized carbons (Fsp3) is 0.471. The van der Waals surface area contributed by atoms with Gasteiger partial charge in [0.15, 0.2) is 11.5 Å². The number of benzene rings is 1. The van der Waals surface area contributed by atoms with Crippen LogP contribution in [0.15, 0.2) is 28.7 Å². The van der Waals surface area contributed by atoms with Gasteiger partial charge in [-0.3, -0.25) is 10.1 Å². The van der Waals surface area contributed by atoms with Gasteiger partial charge in [-0.1, -0.05) is 36.5 Å². The molecule has 4 rings (SSSR count). The first-order chi connectivity index (χ1) is 11.8. The number of nitrogens with one attached hydrogen (secondary N) is 1. The molecule has 2 heterocycles. The Kier molecular flexibility index (Phi) is 4.06. The normalized spacial score (nSPS) is 20.6. The first-order valence-corrected chi connectivity index (χ1v) is 8.32. The lowest BCUT2D eigenvalue weighted by atomic mass is 9.89. The Morgan fingerprint density at radius 2 is 1.88 bits per heavy atom. The van der Waals surface area contributed by atoms with Gasteiger partial charge in [-0.2, -0.15) is 0 Å². The molecule has 7 heteroatoms. The second-order valence-corrected chi connectivity index (χ2v) is 6.13. The Hall–Kier alpha value is -2.57. The van der Waals surface area contributed by atoms with Crippen LogP contribution in [0.2, 0.25) is 0 Å². The zero-order valence-corrected chi connectivity index (χ0v) is 13.2. The van der Waals surface area contributed by atoms with Gasteiger partial charge in [0.05, 0.1) is 0 Å². The lowest BCUT2D eigenvalue weighted by Gasteiger charge is -2.24. The summed E-state index contributed by atoms with van der Waals surface area (Å²) in [5.74, 6) is 1.74. The lowest BCUT2D eigenvalue weighted by molar-refractivity contribution is -0.125. The molecule has 1 aromatic carbocycles. The highest BCUT2D eigenvalue weighted by Crippen LogP contribution is 2.33. The van der Waals surface area contributed by atoms with Crippen molar-refractivity contribution < 1.29 is 18.7 Å². The van der Waals surface area contributed by atoms with E-state index >= 15 is 0 Å². The molecule has 1 aliphatic carbocycles. The minimum Gasteiger partial charge on any atom is -0.485 e. The van der Waals surface area contributed by atoms with Crippen molar-refractivity contribution in [2.75, 3.05) is 11.9 Å². The molecule has 0 spiro atoms. The maximum atomic E-state index is 12.3. The Morgan fingerprint density at radius 1 is 1.08 bits per heavy atom. The van der Waals surface area contributed by atoms with Crippen molar-refractivity contribution in [1.29, 1.82) is 0 Å². The van der Waals surface area contributed by atoms with E-state index in [1.54, 1.807) is 12.1 Å². The molecule has 1 aliphatic heterocycles. The Morgan fingerprint density at radius 3 is 2.71 bits per heavy atom. The molecule has 1 saturated carbocycles. The van der Waals surface area contributed by atoms with Gasteiger partial charge in [-0.25, -0.2) is 0 Å². The summed E-state index contributed by atoms with van der Waals surface area (Å²) < 4.78 is 16.8. The van der Waals surface area contributed by atoms with Gasteiger partial charge < -0.3 is 13.9 Å². The zero-order chi connectivity index (χ0) is 16.4. The first kappa shape index (κ1) is 15.0. The van der Waals surface area contributed by atoms with Crippen LogP contribution in [0.4, 0.5) is 6.01 Å². The zero-order valence-electron chi connectivity index (χ0n) is 13.2. The highest BCUT2D eigenvalue weighted by molar-refractivity contribution is 5.92. The molecule has 2 aromatic rings. The van der Waals surface area contributed by atoms with Gasteiger partial charge in [0.2, 0.25) is 12.0 Å². The number of carbonyl (C=O) groups is 1. The molecule has 1 fully saturated rings. The van der Waals surface area contributed by atoms with Crippen LogP contribution in [-0.4, -0.2) is 28.8 Å². The number of amides is 1. The quantitative estimate of drug-likeness (QED) is 0.932. The molecule has 1 N–H and O–H groups in total. The molecule has 1 aromatic heterocycles. The molecule has 7 nitrogen and oxygen atoms in total. The molecule has 1 atom stereocenters. The highest BCUT2D eigenvalue weighted by atomic mass is 16.6. The number of hydrogen-bond acceptors (Lipinski definition) is 6. The second kappa shape index (κ2) is 6.51. The number of anilines is 1. The van der Waals surface area contributed by atoms with Crippen LogP contribution in [-0.2, 0) is 4.79 Å². The summed E-state index contributed by atoms with van der Waals surface area (Å²) in [6.07, 6.45) is 5.00. The van der Waals surface area contributed by atoms with E-state index in [4.69, 9.17) is 13.9 Å². The van der Waals surface area contributed by atoms with Crippen molar-refractivity contribution in [2.24, 2.45) is 0 Å². The van der Waals surface area contributed by atoms with Crippen molar-refractivity contribution in [3.05, 3.63) is 30.2 Å². The second-order valence-electron chi connectivity index (χ2n) is 6.13. The highest BCUT2D eigenvalue weighted by Gasteiger charge is 2.29. The average Bonchev–Trinajstić information content (AvgIpc) is 3.10. The Labute approximate surface area is 139 Å². The Bertz CT molecular complexity index is 724. The molecule has 1 unspecified atom stereocenters. The molecule has 1 amide bonds. The van der Waals surface area contributed by atoms with Crippen molar-refractivity contribution >= 4 is 11.9 Å². The maximum absolute atomic E-state index is 12.3. The summed E-state index contributed by atoms with van der Waals surface area (Å²) in [5.41, 5.74) is 0. The van der Waals surface area contributed by atoms with E-state index in [0.29, 0.717) is 23.3 Å². The monoisotopic (exact) mass is 329 g/mol. The van der Waals surface area contributed by atoms with E-state index < -0.39 is 6.10 Å². The van der Waals surface area contributed by atoms with Crippen LogP contribution >= 0.6 is 0 Å². The van der Waals surface area contributed by atoms with Gasteiger partial charge in [-0.05, 0) is 25.0 Å². The standard InChI is InChI=1S/C17H19N3O4/c21-15(14-10-22-12-8-4-5-9-13(12)23-14)18-17-20-19-16(24-17)11-6-2-1-3-7-11/h4-5,8-9,11,14H,1-3,6-7,10H2,(H,18,20,21). The van der Waals surface area contributed by atoms with Crippen molar-refractivity contribution in [1.82, 2.24) is 10.2 Å². The molecule has 126 valence electrons. The topological polar surface area (TPSA) is 86.5 Å². The Balaban J connectivity index is 1.39. The maximum Gasteiger partial charge on any atom is 0.322 e. The first-order valence-electron chi connectivity index (χ1n) is 8.32. The summed E-state index contributed by atoms with van der Waals surface area (Å²) >= 11 is 0. The van der Waals surface area contributed by atoms with Crippen LogP contribution in [0, 0.1) is 0 Å². The van der Waals surface area contributed by atoms with Crippen LogP contribution < -0.4 is 14.8 Å². The fourth-order valence-corrected chi connectivity index (χ4v) is 3.13. The summed E-state index contributed by atoms with van der Waals surface area (Å²) in [5, 5.41) is 10.6. The number of ether oxygens (including phenoxy) is 2. The summed E-state index contributed by atoms with van der Waals surface area (Å²) in [6, 6.07) is 7.37. The third-order valence-electron chi connectivity index (χ3n) is 4.43. The molecule has 0 bridgehead atoms. The minimum absolute atomic E-state index is 0.114. The van der Waals surface area contributed by atoms with E-state index in [0.717, 1.165) is 12.8 Å². The molecular weight excluding hydrogens is 310 g/mol. The summed E-state index contributed by atoms with van der Waals surface area (Å²) in [4.78, 5) is 12.3. The summed E-state index contributed by atoms with van der Waals surface area (Å²) in [6.45, 7) is 0.145. The smallest absolute Gasteiger partial charge is 0.322 e. The SMILES string of the molecule is O=C(Nc1nnc(C2CCCCC2)o1)C1COc2ccccc2O1. The molecule has 0 radical (unpaired) electrons. The van der Waals surface area contributed by atoms with Gasteiger partial charge >= 0.3 is 6.01 Å². The fourth-order valence-electron chi connectivity index (χ4n) is 3.13. The van der Waals surface area contributed by atoms with Crippen molar-refractivity contribution in [3.8, 4) is 11.5 Å². The predicted octanol–water partition coefficient (Wildman–Crippen LogP) is 2.90. The van der Waals surface area contributed by atoms with E-state index in [2.05, 4.69) is 15.5 Å².